The van der Waals surface area contributed by atoms with Gasteiger partial charge in [-0.25, -0.2) is 14.8 Å². The van der Waals surface area contributed by atoms with Crippen LogP contribution in [0, 0.1) is 0 Å². The van der Waals surface area contributed by atoms with Crippen molar-refractivity contribution >= 4 is 11.8 Å². The normalized spacial score (nSPS) is 25.3. The van der Waals surface area contributed by atoms with Crippen molar-refractivity contribution in [3.8, 4) is 5.75 Å². The number of ether oxygens (including phenoxy) is 2. The molecule has 1 aromatic heterocycles. The van der Waals surface area contributed by atoms with Crippen LogP contribution in [0.4, 0.5) is 5.82 Å². The van der Waals surface area contributed by atoms with Crippen LogP contribution in [0.15, 0.2) is 6.20 Å². The number of rotatable bonds is 2. The zero-order valence-corrected chi connectivity index (χ0v) is 13.3. The van der Waals surface area contributed by atoms with Gasteiger partial charge in [0.15, 0.2) is 11.6 Å². The fraction of sp³-hybridized carbons (Fsp3) is 0.667. The Morgan fingerprint density at radius 1 is 1.45 bits per heavy atom. The minimum atomic E-state index is -0.526. The number of anilines is 1. The molecule has 1 fully saturated rings. The topological polar surface area (TPSA) is 67.8 Å². The van der Waals surface area contributed by atoms with E-state index in [4.69, 9.17) is 9.47 Å². The highest BCUT2D eigenvalue weighted by Crippen LogP contribution is 2.33. The number of hydrogen-bond acceptors (Lipinski definition) is 7. The molecule has 22 heavy (non-hydrogen) atoms. The molecule has 0 radical (unpaired) electrons. The molecule has 0 spiro atoms. The summed E-state index contributed by atoms with van der Waals surface area (Å²) in [6.45, 7) is 4.74. The SMILES string of the molecule is COC(=O)c1ncc2c(n1)N([C@@H]1CCCN(C)[C@@H]1C)CCO2. The van der Waals surface area contributed by atoms with Crippen LogP contribution < -0.4 is 9.64 Å². The van der Waals surface area contributed by atoms with E-state index in [0.29, 0.717) is 30.3 Å². The minimum Gasteiger partial charge on any atom is -0.486 e. The molecule has 1 saturated heterocycles. The number of nitrogens with zero attached hydrogens (tertiary/aromatic N) is 4. The average Bonchev–Trinajstić information content (AvgIpc) is 2.55. The van der Waals surface area contributed by atoms with Crippen molar-refractivity contribution < 1.29 is 14.3 Å². The van der Waals surface area contributed by atoms with Gasteiger partial charge in [-0.2, -0.15) is 0 Å². The molecule has 0 aromatic carbocycles. The number of methoxy groups -OCH3 is 1. The van der Waals surface area contributed by atoms with Crippen LogP contribution in [0.2, 0.25) is 0 Å². The molecule has 0 saturated carbocycles. The van der Waals surface area contributed by atoms with Crippen molar-refractivity contribution in [2.45, 2.75) is 31.8 Å². The van der Waals surface area contributed by atoms with E-state index in [-0.39, 0.29) is 5.82 Å². The van der Waals surface area contributed by atoms with Crippen molar-refractivity contribution in [3.63, 3.8) is 0 Å². The second kappa shape index (κ2) is 6.08. The van der Waals surface area contributed by atoms with Crippen LogP contribution in [-0.2, 0) is 4.74 Å². The lowest BCUT2D eigenvalue weighted by Crippen LogP contribution is -2.55. The Balaban J connectivity index is 1.94. The lowest BCUT2D eigenvalue weighted by atomic mass is 9.96. The van der Waals surface area contributed by atoms with Gasteiger partial charge in [-0.3, -0.25) is 0 Å². The summed E-state index contributed by atoms with van der Waals surface area (Å²) in [6.07, 6.45) is 3.84. The van der Waals surface area contributed by atoms with E-state index in [1.54, 1.807) is 6.20 Å². The zero-order valence-electron chi connectivity index (χ0n) is 13.3. The largest absolute Gasteiger partial charge is 0.486 e. The molecular formula is C15H22N4O3. The van der Waals surface area contributed by atoms with Gasteiger partial charge in [0.25, 0.3) is 0 Å². The quantitative estimate of drug-likeness (QED) is 0.753. The number of carbonyl (C=O) groups excluding carboxylic acids is 1. The number of fused-ring (bicyclic) bond motifs is 1. The standard InChI is InChI=1S/C15H22N4O3/c1-10-11(5-4-6-18(10)2)19-7-8-22-12-9-16-13(15(20)21-3)17-14(12)19/h9-11H,4-8H2,1-3H3/t10-,11-/m1/s1. The van der Waals surface area contributed by atoms with Gasteiger partial charge < -0.3 is 19.3 Å². The zero-order chi connectivity index (χ0) is 15.7. The molecule has 0 bridgehead atoms. The first-order valence-electron chi connectivity index (χ1n) is 7.67. The van der Waals surface area contributed by atoms with Crippen LogP contribution in [0.1, 0.15) is 30.4 Å². The van der Waals surface area contributed by atoms with Crippen LogP contribution in [0.3, 0.4) is 0 Å². The van der Waals surface area contributed by atoms with Crippen molar-refractivity contribution in [1.29, 1.82) is 0 Å². The summed E-state index contributed by atoms with van der Waals surface area (Å²) in [4.78, 5) is 24.7. The highest BCUT2D eigenvalue weighted by atomic mass is 16.5. The highest BCUT2D eigenvalue weighted by molar-refractivity contribution is 5.85. The van der Waals surface area contributed by atoms with E-state index in [2.05, 4.69) is 33.7 Å². The molecule has 2 atom stereocenters. The molecular weight excluding hydrogens is 284 g/mol. The van der Waals surface area contributed by atoms with Crippen LogP contribution in [0.25, 0.3) is 0 Å². The Kier molecular flexibility index (Phi) is 4.15. The first-order chi connectivity index (χ1) is 10.6. The Bertz CT molecular complexity index is 566. The Labute approximate surface area is 130 Å². The molecule has 3 rings (SSSR count). The van der Waals surface area contributed by atoms with E-state index in [9.17, 15) is 4.79 Å². The van der Waals surface area contributed by atoms with Crippen molar-refractivity contribution in [1.82, 2.24) is 14.9 Å². The lowest BCUT2D eigenvalue weighted by Gasteiger charge is -2.45. The summed E-state index contributed by atoms with van der Waals surface area (Å²) in [5, 5.41) is 0. The molecule has 0 aliphatic carbocycles. The van der Waals surface area contributed by atoms with Gasteiger partial charge in [-0.05, 0) is 33.4 Å². The van der Waals surface area contributed by atoms with Crippen molar-refractivity contribution in [2.24, 2.45) is 0 Å². The van der Waals surface area contributed by atoms with E-state index in [1.165, 1.54) is 7.11 Å². The summed E-state index contributed by atoms with van der Waals surface area (Å²) in [7, 11) is 3.48. The van der Waals surface area contributed by atoms with Crippen LogP contribution in [-0.4, -0.2) is 66.8 Å². The molecule has 0 unspecified atom stereocenters. The van der Waals surface area contributed by atoms with Gasteiger partial charge in [-0.15, -0.1) is 0 Å². The number of aromatic nitrogens is 2. The number of carbonyl (C=O) groups is 1. The number of piperidine rings is 1. The van der Waals surface area contributed by atoms with Crippen molar-refractivity contribution in [3.05, 3.63) is 12.0 Å². The predicted octanol–water partition coefficient (Wildman–Crippen LogP) is 0.945. The van der Waals surface area contributed by atoms with Gasteiger partial charge in [0, 0.05) is 12.1 Å². The van der Waals surface area contributed by atoms with Gasteiger partial charge >= 0.3 is 5.97 Å². The third kappa shape index (κ3) is 2.61. The summed E-state index contributed by atoms with van der Waals surface area (Å²) in [5.74, 6) is 0.892. The Morgan fingerprint density at radius 3 is 3.05 bits per heavy atom. The van der Waals surface area contributed by atoms with Gasteiger partial charge in [0.2, 0.25) is 5.82 Å². The molecule has 120 valence electrons. The molecule has 0 N–H and O–H groups in total. The Morgan fingerprint density at radius 2 is 2.27 bits per heavy atom. The second-order valence-electron chi connectivity index (χ2n) is 5.85. The van der Waals surface area contributed by atoms with Gasteiger partial charge in [-0.1, -0.05) is 0 Å². The maximum absolute atomic E-state index is 11.7. The summed E-state index contributed by atoms with van der Waals surface area (Å²) < 4.78 is 10.4. The number of likely N-dealkylation sites (tertiary alicyclic amines) is 1. The van der Waals surface area contributed by atoms with Gasteiger partial charge in [0.05, 0.1) is 19.9 Å². The van der Waals surface area contributed by atoms with Crippen LogP contribution >= 0.6 is 0 Å². The maximum atomic E-state index is 11.7. The number of esters is 1. The lowest BCUT2D eigenvalue weighted by molar-refractivity contribution is 0.0586. The molecule has 2 aliphatic rings. The molecule has 7 heteroatoms. The first-order valence-corrected chi connectivity index (χ1v) is 7.67. The van der Waals surface area contributed by atoms with Crippen LogP contribution in [0.5, 0.6) is 5.75 Å². The molecule has 1 aromatic rings. The molecule has 7 nitrogen and oxygen atoms in total. The fourth-order valence-corrected chi connectivity index (χ4v) is 3.25. The van der Waals surface area contributed by atoms with E-state index in [1.807, 2.05) is 0 Å². The van der Waals surface area contributed by atoms with E-state index < -0.39 is 5.97 Å². The molecule has 2 aliphatic heterocycles. The smallest absolute Gasteiger partial charge is 0.376 e. The molecule has 3 heterocycles. The van der Waals surface area contributed by atoms with Gasteiger partial charge in [0.1, 0.15) is 6.61 Å². The first kappa shape index (κ1) is 15.0. The second-order valence-corrected chi connectivity index (χ2v) is 5.85. The summed E-state index contributed by atoms with van der Waals surface area (Å²) >= 11 is 0. The highest BCUT2D eigenvalue weighted by Gasteiger charge is 2.34. The van der Waals surface area contributed by atoms with Crippen molar-refractivity contribution in [2.75, 3.05) is 38.8 Å². The fourth-order valence-electron chi connectivity index (χ4n) is 3.25. The van der Waals surface area contributed by atoms with E-state index in [0.717, 1.165) is 25.9 Å². The van der Waals surface area contributed by atoms with E-state index >= 15 is 0 Å². The Hall–Kier alpha value is -1.89. The third-order valence-corrected chi connectivity index (χ3v) is 4.63. The summed E-state index contributed by atoms with van der Waals surface area (Å²) in [6, 6.07) is 0.790. The maximum Gasteiger partial charge on any atom is 0.376 e. The third-order valence-electron chi connectivity index (χ3n) is 4.63. The monoisotopic (exact) mass is 306 g/mol. The number of likely N-dealkylation sites (N-methyl/N-ethyl adjacent to an activating group) is 1. The minimum absolute atomic E-state index is 0.0774. The number of hydrogen-bond donors (Lipinski definition) is 0. The average molecular weight is 306 g/mol. The summed E-state index contributed by atoms with van der Waals surface area (Å²) in [5.41, 5.74) is 0. The predicted molar refractivity (Wildman–Crippen MR) is 81.3 cm³/mol. The molecule has 0 amide bonds.